The monoisotopic (exact) mass is 361 g/mol. The van der Waals surface area contributed by atoms with E-state index in [0.717, 1.165) is 0 Å². The lowest BCUT2D eigenvalue weighted by atomic mass is 10.2. The predicted molar refractivity (Wildman–Crippen MR) is 95.4 cm³/mol. The number of carboxylic acids is 1. The Hall–Kier alpha value is -3.06. The van der Waals surface area contributed by atoms with Gasteiger partial charge in [-0.15, -0.1) is 0 Å². The average Bonchev–Trinajstić information content (AvgIpc) is 2.58. The average molecular weight is 362 g/mol. The molecule has 1 unspecified atom stereocenters. The highest BCUT2D eigenvalue weighted by molar-refractivity contribution is 6.30. The van der Waals surface area contributed by atoms with Crippen LogP contribution in [0.1, 0.15) is 12.5 Å². The standard InChI is InChI=1S/C17H16ClN3O4/c1-11(16(22)23)25-15-8-2-12(3-9-15)10-19-21-17(24)20-14-6-4-13(18)5-7-14/h2-11H,1H3,(H,22,23)(H2,20,21,24)/b19-10+. The summed E-state index contributed by atoms with van der Waals surface area (Å²) < 4.78 is 5.22. The molecule has 3 N–H and O–H groups in total. The fraction of sp³-hybridized carbons (Fsp3) is 0.118. The summed E-state index contributed by atoms with van der Waals surface area (Å²) in [5.74, 6) is -0.609. The zero-order valence-electron chi connectivity index (χ0n) is 13.3. The fourth-order valence-electron chi connectivity index (χ4n) is 1.74. The van der Waals surface area contributed by atoms with Crippen molar-refractivity contribution >= 4 is 35.5 Å². The second-order valence-corrected chi connectivity index (χ2v) is 5.43. The number of rotatable bonds is 6. The first-order valence-electron chi connectivity index (χ1n) is 7.29. The van der Waals surface area contributed by atoms with E-state index < -0.39 is 18.1 Å². The lowest BCUT2D eigenvalue weighted by Crippen LogP contribution is -2.24. The molecule has 0 saturated heterocycles. The van der Waals surface area contributed by atoms with Crippen LogP contribution in [0.25, 0.3) is 0 Å². The van der Waals surface area contributed by atoms with Gasteiger partial charge in [0.25, 0.3) is 0 Å². The van der Waals surface area contributed by atoms with E-state index >= 15 is 0 Å². The number of carbonyl (C=O) groups excluding carboxylic acids is 1. The first-order valence-corrected chi connectivity index (χ1v) is 7.67. The molecule has 7 nitrogen and oxygen atoms in total. The van der Waals surface area contributed by atoms with Gasteiger partial charge in [0, 0.05) is 10.7 Å². The fourth-order valence-corrected chi connectivity index (χ4v) is 1.87. The van der Waals surface area contributed by atoms with Gasteiger partial charge in [-0.2, -0.15) is 5.10 Å². The summed E-state index contributed by atoms with van der Waals surface area (Å²) in [4.78, 5) is 22.4. The third kappa shape index (κ3) is 6.15. The van der Waals surface area contributed by atoms with Crippen LogP contribution in [-0.4, -0.2) is 29.4 Å². The molecule has 0 fully saturated rings. The summed E-state index contributed by atoms with van der Waals surface area (Å²) in [5.41, 5.74) is 3.63. The van der Waals surface area contributed by atoms with Crippen LogP contribution >= 0.6 is 11.6 Å². The van der Waals surface area contributed by atoms with Gasteiger partial charge in [-0.3, -0.25) is 0 Å². The molecule has 2 rings (SSSR count). The van der Waals surface area contributed by atoms with Crippen molar-refractivity contribution < 1.29 is 19.4 Å². The maximum absolute atomic E-state index is 11.7. The van der Waals surface area contributed by atoms with E-state index in [9.17, 15) is 9.59 Å². The van der Waals surface area contributed by atoms with E-state index in [1.54, 1.807) is 48.5 Å². The number of hydrogen-bond acceptors (Lipinski definition) is 4. The lowest BCUT2D eigenvalue weighted by molar-refractivity contribution is -0.144. The van der Waals surface area contributed by atoms with Crippen LogP contribution in [0.15, 0.2) is 53.6 Å². The van der Waals surface area contributed by atoms with Gasteiger partial charge in [0.1, 0.15) is 5.75 Å². The van der Waals surface area contributed by atoms with Crippen LogP contribution in [0.3, 0.4) is 0 Å². The van der Waals surface area contributed by atoms with E-state index in [4.69, 9.17) is 21.4 Å². The van der Waals surface area contributed by atoms with E-state index in [1.165, 1.54) is 13.1 Å². The van der Waals surface area contributed by atoms with Crippen LogP contribution in [0.4, 0.5) is 10.5 Å². The van der Waals surface area contributed by atoms with Gasteiger partial charge in [-0.05, 0) is 61.0 Å². The predicted octanol–water partition coefficient (Wildman–Crippen LogP) is 3.35. The molecule has 2 amide bonds. The number of anilines is 1. The first kappa shape index (κ1) is 18.3. The van der Waals surface area contributed by atoms with Gasteiger partial charge >= 0.3 is 12.0 Å². The van der Waals surface area contributed by atoms with E-state index in [2.05, 4.69) is 15.8 Å². The quantitative estimate of drug-likeness (QED) is 0.542. The van der Waals surface area contributed by atoms with Gasteiger partial charge in [0.15, 0.2) is 6.10 Å². The highest BCUT2D eigenvalue weighted by Crippen LogP contribution is 2.14. The molecular formula is C17H16ClN3O4. The normalized spacial score (nSPS) is 11.8. The maximum Gasteiger partial charge on any atom is 0.344 e. The maximum atomic E-state index is 11.7. The highest BCUT2D eigenvalue weighted by Gasteiger charge is 2.11. The number of nitrogens with one attached hydrogen (secondary N) is 2. The van der Waals surface area contributed by atoms with Crippen molar-refractivity contribution in [2.75, 3.05) is 5.32 Å². The third-order valence-electron chi connectivity index (χ3n) is 3.02. The molecule has 0 aromatic heterocycles. The molecule has 2 aromatic carbocycles. The summed E-state index contributed by atoms with van der Waals surface area (Å²) in [6.45, 7) is 1.45. The number of carbonyl (C=O) groups is 2. The van der Waals surface area contributed by atoms with Gasteiger partial charge < -0.3 is 15.2 Å². The summed E-state index contributed by atoms with van der Waals surface area (Å²) in [7, 11) is 0. The molecule has 8 heteroatoms. The smallest absolute Gasteiger partial charge is 0.344 e. The Bertz CT molecular complexity index is 760. The van der Waals surface area contributed by atoms with Crippen molar-refractivity contribution in [3.05, 3.63) is 59.1 Å². The minimum absolute atomic E-state index is 0.431. The second-order valence-electron chi connectivity index (χ2n) is 5.00. The number of halogens is 1. The number of benzene rings is 2. The molecular weight excluding hydrogens is 346 g/mol. The van der Waals surface area contributed by atoms with Crippen molar-refractivity contribution in [1.82, 2.24) is 5.43 Å². The number of hydrogen-bond donors (Lipinski definition) is 3. The molecule has 0 spiro atoms. The Morgan fingerprint density at radius 2 is 1.80 bits per heavy atom. The Morgan fingerprint density at radius 1 is 1.16 bits per heavy atom. The number of ether oxygens (including phenoxy) is 1. The number of hydrazone groups is 1. The molecule has 2 aromatic rings. The third-order valence-corrected chi connectivity index (χ3v) is 3.27. The van der Waals surface area contributed by atoms with Gasteiger partial charge in [0.2, 0.25) is 0 Å². The SMILES string of the molecule is CC(Oc1ccc(/C=N/NC(=O)Nc2ccc(Cl)cc2)cc1)C(=O)O. The Kier molecular flexibility index (Phi) is 6.36. The van der Waals surface area contributed by atoms with Crippen LogP contribution in [0, 0.1) is 0 Å². The number of nitrogens with zero attached hydrogens (tertiary/aromatic N) is 1. The summed E-state index contributed by atoms with van der Waals surface area (Å²) in [5, 5.41) is 15.8. The second kappa shape index (κ2) is 8.70. The zero-order chi connectivity index (χ0) is 18.2. The van der Waals surface area contributed by atoms with Crippen molar-refractivity contribution in [2.45, 2.75) is 13.0 Å². The Labute approximate surface area is 149 Å². The summed E-state index contributed by atoms with van der Waals surface area (Å²) in [6.07, 6.45) is 0.518. The molecule has 0 saturated carbocycles. The van der Waals surface area contributed by atoms with Crippen molar-refractivity contribution in [3.8, 4) is 5.75 Å². The number of amides is 2. The minimum Gasteiger partial charge on any atom is -0.479 e. The minimum atomic E-state index is -1.04. The summed E-state index contributed by atoms with van der Waals surface area (Å²) >= 11 is 5.76. The van der Waals surface area contributed by atoms with Gasteiger partial charge in [0.05, 0.1) is 6.21 Å². The molecule has 0 heterocycles. The van der Waals surface area contributed by atoms with Crippen LogP contribution in [0.2, 0.25) is 5.02 Å². The zero-order valence-corrected chi connectivity index (χ0v) is 14.0. The van der Waals surface area contributed by atoms with Gasteiger partial charge in [-0.25, -0.2) is 15.0 Å². The van der Waals surface area contributed by atoms with Gasteiger partial charge in [-0.1, -0.05) is 11.6 Å². The van der Waals surface area contributed by atoms with E-state index in [-0.39, 0.29) is 0 Å². The number of aliphatic carboxylic acids is 1. The molecule has 1 atom stereocenters. The van der Waals surface area contributed by atoms with Crippen LogP contribution in [0.5, 0.6) is 5.75 Å². The van der Waals surface area contributed by atoms with Crippen LogP contribution in [-0.2, 0) is 4.79 Å². The number of urea groups is 1. The van der Waals surface area contributed by atoms with E-state index in [1.807, 2.05) is 0 Å². The molecule has 0 aliphatic heterocycles. The molecule has 25 heavy (non-hydrogen) atoms. The molecule has 130 valence electrons. The van der Waals surface area contributed by atoms with Crippen LogP contribution < -0.4 is 15.5 Å². The molecule has 0 aliphatic carbocycles. The van der Waals surface area contributed by atoms with E-state index in [0.29, 0.717) is 22.0 Å². The Morgan fingerprint density at radius 3 is 2.40 bits per heavy atom. The van der Waals surface area contributed by atoms with Crippen molar-refractivity contribution in [1.29, 1.82) is 0 Å². The van der Waals surface area contributed by atoms with Crippen molar-refractivity contribution in [3.63, 3.8) is 0 Å². The molecule has 0 bridgehead atoms. The Balaban J connectivity index is 1.83. The van der Waals surface area contributed by atoms with Crippen molar-refractivity contribution in [2.24, 2.45) is 5.10 Å². The summed E-state index contributed by atoms with van der Waals surface area (Å²) in [6, 6.07) is 12.8. The molecule has 0 radical (unpaired) electrons. The largest absolute Gasteiger partial charge is 0.479 e. The number of carboxylic acid groups (broad SMARTS) is 1. The topological polar surface area (TPSA) is 100 Å². The lowest BCUT2D eigenvalue weighted by Gasteiger charge is -2.09. The first-order chi connectivity index (χ1) is 11.9. The molecule has 0 aliphatic rings. The highest BCUT2D eigenvalue weighted by atomic mass is 35.5.